The molecule has 5 nitrogen and oxygen atoms in total. The zero-order chi connectivity index (χ0) is 21.3. The van der Waals surface area contributed by atoms with Gasteiger partial charge in [-0.25, -0.2) is 0 Å². The van der Waals surface area contributed by atoms with Gasteiger partial charge in [-0.1, -0.05) is 6.07 Å². The van der Waals surface area contributed by atoms with Gasteiger partial charge in [0.2, 0.25) is 5.91 Å². The molecule has 1 aliphatic carbocycles. The molecule has 3 fully saturated rings. The van der Waals surface area contributed by atoms with Crippen molar-refractivity contribution >= 4 is 11.6 Å². The van der Waals surface area contributed by atoms with Gasteiger partial charge in [-0.15, -0.1) is 0 Å². The van der Waals surface area contributed by atoms with Crippen LogP contribution in [0.2, 0.25) is 0 Å². The molecule has 0 saturated carbocycles. The quantitative estimate of drug-likeness (QED) is 0.724. The van der Waals surface area contributed by atoms with E-state index in [0.717, 1.165) is 19.5 Å². The van der Waals surface area contributed by atoms with Gasteiger partial charge in [0.15, 0.2) is 0 Å². The van der Waals surface area contributed by atoms with Crippen molar-refractivity contribution in [3.05, 3.63) is 29.3 Å². The molecule has 4 aliphatic rings. The van der Waals surface area contributed by atoms with E-state index in [-0.39, 0.29) is 0 Å². The molecule has 1 aromatic rings. The van der Waals surface area contributed by atoms with Gasteiger partial charge in [0.25, 0.3) is 0 Å². The van der Waals surface area contributed by atoms with E-state index >= 15 is 0 Å². The molecule has 170 valence electrons. The molecule has 1 amide bonds. The van der Waals surface area contributed by atoms with Gasteiger partial charge in [-0.2, -0.15) is 0 Å². The number of rotatable bonds is 5. The molecule has 0 N–H and O–H groups in total. The fourth-order valence-corrected chi connectivity index (χ4v) is 6.64. The average Bonchev–Trinajstić information content (AvgIpc) is 3.28. The monoisotopic (exact) mass is 425 g/mol. The van der Waals surface area contributed by atoms with E-state index in [9.17, 15) is 4.79 Å². The van der Waals surface area contributed by atoms with E-state index in [2.05, 4.69) is 32.9 Å². The van der Waals surface area contributed by atoms with Crippen LogP contribution in [-0.2, 0) is 22.4 Å². The topological polar surface area (TPSA) is 36.0 Å². The summed E-state index contributed by atoms with van der Waals surface area (Å²) in [5, 5.41) is 0. The van der Waals surface area contributed by atoms with Crippen molar-refractivity contribution in [2.75, 3.05) is 57.9 Å². The molecule has 31 heavy (non-hydrogen) atoms. The minimum Gasteiger partial charge on any atom is -0.383 e. The van der Waals surface area contributed by atoms with Crippen molar-refractivity contribution in [2.45, 2.75) is 63.8 Å². The zero-order valence-corrected chi connectivity index (χ0v) is 19.3. The van der Waals surface area contributed by atoms with Crippen LogP contribution in [0.3, 0.4) is 0 Å². The number of amides is 1. The normalized spacial score (nSPS) is 27.8. The van der Waals surface area contributed by atoms with E-state index in [1.807, 2.05) is 0 Å². The minimum atomic E-state index is 0.303. The Bertz CT molecular complexity index is 789. The molecule has 5 rings (SSSR count). The first-order chi connectivity index (χ1) is 15.2. The summed E-state index contributed by atoms with van der Waals surface area (Å²) in [6, 6.07) is 7.89. The first kappa shape index (κ1) is 21.3. The van der Waals surface area contributed by atoms with Crippen LogP contribution in [0.1, 0.15) is 56.1 Å². The Morgan fingerprint density at radius 2 is 1.84 bits per heavy atom. The Hall–Kier alpha value is -1.59. The fourth-order valence-electron chi connectivity index (χ4n) is 6.64. The highest BCUT2D eigenvalue weighted by molar-refractivity contribution is 5.77. The number of ether oxygens (including phenoxy) is 1. The van der Waals surface area contributed by atoms with Crippen molar-refractivity contribution in [1.82, 2.24) is 9.80 Å². The first-order valence-electron chi connectivity index (χ1n) is 12.5. The lowest BCUT2D eigenvalue weighted by Gasteiger charge is -2.51. The van der Waals surface area contributed by atoms with Gasteiger partial charge in [0, 0.05) is 63.4 Å². The maximum Gasteiger partial charge on any atom is 0.222 e. The van der Waals surface area contributed by atoms with Crippen LogP contribution < -0.4 is 4.90 Å². The average molecular weight is 426 g/mol. The Labute approximate surface area is 187 Å². The zero-order valence-electron chi connectivity index (χ0n) is 19.3. The van der Waals surface area contributed by atoms with Crippen LogP contribution in [0.15, 0.2) is 18.2 Å². The minimum absolute atomic E-state index is 0.303. The summed E-state index contributed by atoms with van der Waals surface area (Å²) in [5.74, 6) is 0.322. The van der Waals surface area contributed by atoms with Crippen molar-refractivity contribution < 1.29 is 9.53 Å². The number of methoxy groups -OCH3 is 1. The summed E-state index contributed by atoms with van der Waals surface area (Å²) in [6.07, 6.45) is 10.7. The van der Waals surface area contributed by atoms with Crippen LogP contribution in [0.5, 0.6) is 0 Å². The Morgan fingerprint density at radius 3 is 2.68 bits per heavy atom. The van der Waals surface area contributed by atoms with Gasteiger partial charge in [-0.3, -0.25) is 9.69 Å². The standard InChI is InChI=1S/C26H39N3O2/c1-31-17-16-29-20-26(12-8-25(29)30)11-3-13-28(19-26)23-9-14-27(15-10-23)24-7-6-21-4-2-5-22(21)18-24/h6-7,18,23H,2-5,8-17,19-20H2,1H3. The maximum atomic E-state index is 12.4. The highest BCUT2D eigenvalue weighted by Gasteiger charge is 2.43. The fraction of sp³-hybridized carbons (Fsp3) is 0.731. The lowest BCUT2D eigenvalue weighted by Crippen LogP contribution is -2.57. The van der Waals surface area contributed by atoms with Crippen LogP contribution in [-0.4, -0.2) is 74.7 Å². The second-order valence-electron chi connectivity index (χ2n) is 10.4. The largest absolute Gasteiger partial charge is 0.383 e. The third-order valence-corrected chi connectivity index (χ3v) is 8.43. The van der Waals surface area contributed by atoms with Gasteiger partial charge in [0.05, 0.1) is 6.61 Å². The third-order valence-electron chi connectivity index (χ3n) is 8.43. The molecule has 3 heterocycles. The summed E-state index contributed by atoms with van der Waals surface area (Å²) in [4.78, 5) is 19.9. The number of piperidine rings is 3. The molecule has 1 spiro atoms. The van der Waals surface area contributed by atoms with Gasteiger partial charge in [0.1, 0.15) is 0 Å². The van der Waals surface area contributed by atoms with E-state index in [1.54, 1.807) is 18.2 Å². The molecule has 1 aromatic carbocycles. The number of anilines is 1. The van der Waals surface area contributed by atoms with E-state index < -0.39 is 0 Å². The molecule has 5 heteroatoms. The molecule has 0 radical (unpaired) electrons. The van der Waals surface area contributed by atoms with Crippen LogP contribution >= 0.6 is 0 Å². The summed E-state index contributed by atoms with van der Waals surface area (Å²) >= 11 is 0. The third kappa shape index (κ3) is 4.49. The first-order valence-corrected chi connectivity index (χ1v) is 12.5. The molecule has 1 unspecified atom stereocenters. The molecule has 1 atom stereocenters. The maximum absolute atomic E-state index is 12.4. The number of benzene rings is 1. The number of aryl methyl sites for hydroxylation is 2. The number of hydrogen-bond acceptors (Lipinski definition) is 4. The Morgan fingerprint density at radius 1 is 1.00 bits per heavy atom. The molecule has 3 aliphatic heterocycles. The van der Waals surface area contributed by atoms with Crippen LogP contribution in [0.25, 0.3) is 0 Å². The second-order valence-corrected chi connectivity index (χ2v) is 10.4. The van der Waals surface area contributed by atoms with Gasteiger partial charge < -0.3 is 14.5 Å². The molecule has 3 saturated heterocycles. The lowest BCUT2D eigenvalue weighted by atomic mass is 9.73. The Kier molecular flexibility index (Phi) is 6.25. The van der Waals surface area contributed by atoms with Gasteiger partial charge >= 0.3 is 0 Å². The van der Waals surface area contributed by atoms with E-state index in [4.69, 9.17) is 4.74 Å². The SMILES string of the molecule is COCCN1CC2(CCCN(C3CCN(c4ccc5c(c4)CCC5)CC3)C2)CCC1=O. The second kappa shape index (κ2) is 9.11. The number of likely N-dealkylation sites (tertiary alicyclic amines) is 2. The molecular weight excluding hydrogens is 386 g/mol. The smallest absolute Gasteiger partial charge is 0.222 e. The van der Waals surface area contributed by atoms with Crippen LogP contribution in [0.4, 0.5) is 5.69 Å². The molecule has 0 bridgehead atoms. The van der Waals surface area contributed by atoms with Crippen molar-refractivity contribution in [3.8, 4) is 0 Å². The number of carbonyl (C=O) groups is 1. The predicted octanol–water partition coefficient (Wildman–Crippen LogP) is 3.50. The summed E-state index contributed by atoms with van der Waals surface area (Å²) in [7, 11) is 1.72. The lowest BCUT2D eigenvalue weighted by molar-refractivity contribution is -0.140. The highest BCUT2D eigenvalue weighted by atomic mass is 16.5. The Balaban J connectivity index is 1.18. The number of carbonyl (C=O) groups excluding carboxylic acids is 1. The number of fused-ring (bicyclic) bond motifs is 1. The van der Waals surface area contributed by atoms with Crippen molar-refractivity contribution in [2.24, 2.45) is 5.41 Å². The van der Waals surface area contributed by atoms with E-state index in [0.29, 0.717) is 30.4 Å². The molecular formula is C26H39N3O2. The number of nitrogens with zero attached hydrogens (tertiary/aromatic N) is 3. The van der Waals surface area contributed by atoms with Crippen molar-refractivity contribution in [1.29, 1.82) is 0 Å². The van der Waals surface area contributed by atoms with Crippen molar-refractivity contribution in [3.63, 3.8) is 0 Å². The van der Waals surface area contributed by atoms with Crippen LogP contribution in [0, 0.1) is 5.41 Å². The predicted molar refractivity (Wildman–Crippen MR) is 125 cm³/mol. The summed E-state index contributed by atoms with van der Waals surface area (Å²) < 4.78 is 5.25. The van der Waals surface area contributed by atoms with E-state index in [1.165, 1.54) is 76.8 Å². The number of hydrogen-bond donors (Lipinski definition) is 0. The summed E-state index contributed by atoms with van der Waals surface area (Å²) in [5.41, 5.74) is 4.90. The highest BCUT2D eigenvalue weighted by Crippen LogP contribution is 2.40. The summed E-state index contributed by atoms with van der Waals surface area (Å²) in [6.45, 7) is 7.07. The van der Waals surface area contributed by atoms with Gasteiger partial charge in [-0.05, 0) is 81.2 Å². The molecule has 0 aromatic heterocycles.